The summed E-state index contributed by atoms with van der Waals surface area (Å²) in [6.07, 6.45) is 6.10. The van der Waals surface area contributed by atoms with E-state index in [1.165, 1.54) is 5.56 Å². The lowest BCUT2D eigenvalue weighted by Gasteiger charge is -2.34. The molecule has 5 heteroatoms. The van der Waals surface area contributed by atoms with Gasteiger partial charge in [0.05, 0.1) is 12.8 Å². The molecule has 0 saturated carbocycles. The predicted molar refractivity (Wildman–Crippen MR) is 118 cm³/mol. The first-order valence-electron chi connectivity index (χ1n) is 9.97. The van der Waals surface area contributed by atoms with E-state index in [1.807, 2.05) is 30.3 Å². The quantitative estimate of drug-likeness (QED) is 0.641. The number of aromatic nitrogens is 2. The number of hydrogen-bond donors (Lipinski definition) is 0. The van der Waals surface area contributed by atoms with Gasteiger partial charge in [0.1, 0.15) is 17.9 Å². The van der Waals surface area contributed by atoms with Crippen molar-refractivity contribution in [2.45, 2.75) is 0 Å². The number of nitrogens with zero attached hydrogens (tertiary/aromatic N) is 4. The number of methoxy groups -OCH3 is 1. The number of piperazine rings is 1. The molecule has 1 aliphatic heterocycles. The lowest BCUT2D eigenvalue weighted by molar-refractivity contribution is 0.283. The smallest absolute Gasteiger partial charge is 0.132 e. The molecule has 4 rings (SSSR count). The standard InChI is InChI=1S/C24H26N4O/c1-29-22-11-9-21(10-12-22)23-18-24(26-19-25-23)28-16-14-27(15-17-28)13-5-8-20-6-3-2-4-7-20/h2-12,18-19H,13-17H2,1H3/b8-5+. The molecule has 29 heavy (non-hydrogen) atoms. The lowest BCUT2D eigenvalue weighted by Crippen LogP contribution is -2.46. The highest BCUT2D eigenvalue weighted by Gasteiger charge is 2.17. The van der Waals surface area contributed by atoms with Crippen molar-refractivity contribution in [3.63, 3.8) is 0 Å². The zero-order valence-corrected chi connectivity index (χ0v) is 16.7. The van der Waals surface area contributed by atoms with Gasteiger partial charge in [-0.1, -0.05) is 42.5 Å². The van der Waals surface area contributed by atoms with Crippen molar-refractivity contribution in [3.05, 3.63) is 78.6 Å². The van der Waals surface area contributed by atoms with Gasteiger partial charge in [0.2, 0.25) is 0 Å². The summed E-state index contributed by atoms with van der Waals surface area (Å²) in [7, 11) is 1.68. The van der Waals surface area contributed by atoms with Crippen LogP contribution in [0.25, 0.3) is 17.3 Å². The highest BCUT2D eigenvalue weighted by molar-refractivity contribution is 5.63. The molecule has 0 N–H and O–H groups in total. The zero-order valence-electron chi connectivity index (χ0n) is 16.7. The highest BCUT2D eigenvalue weighted by atomic mass is 16.5. The van der Waals surface area contributed by atoms with Crippen molar-refractivity contribution in [1.82, 2.24) is 14.9 Å². The predicted octanol–water partition coefficient (Wildman–Crippen LogP) is 3.99. The zero-order chi connectivity index (χ0) is 19.9. The third kappa shape index (κ3) is 5.00. The molecule has 1 saturated heterocycles. The monoisotopic (exact) mass is 386 g/mol. The Morgan fingerprint density at radius 1 is 0.931 bits per heavy atom. The van der Waals surface area contributed by atoms with Crippen molar-refractivity contribution in [1.29, 1.82) is 0 Å². The molecule has 1 aliphatic rings. The molecule has 148 valence electrons. The van der Waals surface area contributed by atoms with Crippen LogP contribution < -0.4 is 9.64 Å². The summed E-state index contributed by atoms with van der Waals surface area (Å²) in [5.74, 6) is 1.84. The van der Waals surface area contributed by atoms with Crippen LogP contribution in [0.1, 0.15) is 5.56 Å². The molecule has 0 bridgehead atoms. The maximum atomic E-state index is 5.24. The number of benzene rings is 2. The molecule has 1 aromatic heterocycles. The van der Waals surface area contributed by atoms with Gasteiger partial charge in [-0.05, 0) is 29.8 Å². The van der Waals surface area contributed by atoms with E-state index in [1.54, 1.807) is 13.4 Å². The van der Waals surface area contributed by atoms with Crippen molar-refractivity contribution in [2.24, 2.45) is 0 Å². The van der Waals surface area contributed by atoms with Gasteiger partial charge < -0.3 is 9.64 Å². The second-order valence-corrected chi connectivity index (χ2v) is 7.09. The Balaban J connectivity index is 1.34. The first-order chi connectivity index (χ1) is 14.3. The lowest BCUT2D eigenvalue weighted by atomic mass is 10.1. The van der Waals surface area contributed by atoms with E-state index in [4.69, 9.17) is 4.74 Å². The molecule has 0 aliphatic carbocycles. The Morgan fingerprint density at radius 2 is 1.69 bits per heavy atom. The van der Waals surface area contributed by atoms with Gasteiger partial charge in [-0.2, -0.15) is 0 Å². The van der Waals surface area contributed by atoms with Gasteiger partial charge in [-0.25, -0.2) is 9.97 Å². The fraction of sp³-hybridized carbons (Fsp3) is 0.250. The van der Waals surface area contributed by atoms with Crippen LogP contribution in [-0.2, 0) is 0 Å². The Hall–Kier alpha value is -3.18. The van der Waals surface area contributed by atoms with Crippen LogP contribution in [0.2, 0.25) is 0 Å². The molecule has 2 heterocycles. The highest BCUT2D eigenvalue weighted by Crippen LogP contribution is 2.23. The van der Waals surface area contributed by atoms with E-state index in [0.29, 0.717) is 0 Å². The van der Waals surface area contributed by atoms with Crippen LogP contribution in [-0.4, -0.2) is 54.7 Å². The number of ether oxygens (including phenoxy) is 1. The molecule has 2 aromatic carbocycles. The minimum absolute atomic E-state index is 0.848. The average molecular weight is 386 g/mol. The molecule has 0 unspecified atom stereocenters. The summed E-state index contributed by atoms with van der Waals surface area (Å²) in [5.41, 5.74) is 3.25. The van der Waals surface area contributed by atoms with Crippen LogP contribution in [0, 0.1) is 0 Å². The fourth-order valence-electron chi connectivity index (χ4n) is 3.50. The van der Waals surface area contributed by atoms with E-state index in [-0.39, 0.29) is 0 Å². The Bertz CT molecular complexity index is 933. The van der Waals surface area contributed by atoms with E-state index in [2.05, 4.69) is 62.3 Å². The summed E-state index contributed by atoms with van der Waals surface area (Å²) in [6.45, 7) is 4.97. The summed E-state index contributed by atoms with van der Waals surface area (Å²) in [5, 5.41) is 0. The maximum Gasteiger partial charge on any atom is 0.132 e. The van der Waals surface area contributed by atoms with E-state index in [0.717, 1.165) is 55.5 Å². The van der Waals surface area contributed by atoms with Gasteiger partial charge in [0.15, 0.2) is 0 Å². The van der Waals surface area contributed by atoms with Crippen LogP contribution in [0.4, 0.5) is 5.82 Å². The van der Waals surface area contributed by atoms with E-state index >= 15 is 0 Å². The molecular formula is C24H26N4O. The minimum atomic E-state index is 0.848. The molecule has 1 fully saturated rings. The largest absolute Gasteiger partial charge is 0.497 e. The molecule has 0 spiro atoms. The van der Waals surface area contributed by atoms with Gasteiger partial charge in [0.25, 0.3) is 0 Å². The SMILES string of the molecule is COc1ccc(-c2cc(N3CCN(C/C=C/c4ccccc4)CC3)ncn2)cc1. The second-order valence-electron chi connectivity index (χ2n) is 7.09. The molecule has 3 aromatic rings. The van der Waals surface area contributed by atoms with Crippen LogP contribution in [0.15, 0.2) is 73.1 Å². The minimum Gasteiger partial charge on any atom is -0.497 e. The van der Waals surface area contributed by atoms with Crippen LogP contribution in [0.3, 0.4) is 0 Å². The van der Waals surface area contributed by atoms with Gasteiger partial charge >= 0.3 is 0 Å². The normalized spacial score (nSPS) is 15.0. The number of anilines is 1. The summed E-state index contributed by atoms with van der Waals surface area (Å²) >= 11 is 0. The third-order valence-corrected chi connectivity index (χ3v) is 5.21. The van der Waals surface area contributed by atoms with Crippen LogP contribution >= 0.6 is 0 Å². The molecular weight excluding hydrogens is 360 g/mol. The Morgan fingerprint density at radius 3 is 2.41 bits per heavy atom. The van der Waals surface area contributed by atoms with E-state index < -0.39 is 0 Å². The van der Waals surface area contributed by atoms with Crippen molar-refractivity contribution in [2.75, 3.05) is 44.7 Å². The van der Waals surface area contributed by atoms with Crippen molar-refractivity contribution < 1.29 is 4.74 Å². The third-order valence-electron chi connectivity index (χ3n) is 5.21. The summed E-state index contributed by atoms with van der Waals surface area (Å²) in [6, 6.07) is 20.5. The Kier molecular flexibility index (Phi) is 6.17. The number of hydrogen-bond acceptors (Lipinski definition) is 5. The maximum absolute atomic E-state index is 5.24. The topological polar surface area (TPSA) is 41.5 Å². The Labute approximate surface area is 172 Å². The van der Waals surface area contributed by atoms with Gasteiger partial charge in [-0.3, -0.25) is 4.90 Å². The first kappa shape index (κ1) is 19.2. The molecule has 0 atom stereocenters. The summed E-state index contributed by atoms with van der Waals surface area (Å²) in [4.78, 5) is 13.8. The van der Waals surface area contributed by atoms with Gasteiger partial charge in [0, 0.05) is 44.4 Å². The summed E-state index contributed by atoms with van der Waals surface area (Å²) < 4.78 is 5.24. The average Bonchev–Trinajstić information content (AvgIpc) is 2.80. The van der Waals surface area contributed by atoms with Crippen molar-refractivity contribution >= 4 is 11.9 Å². The molecule has 0 radical (unpaired) electrons. The second kappa shape index (κ2) is 9.34. The van der Waals surface area contributed by atoms with E-state index in [9.17, 15) is 0 Å². The molecule has 5 nitrogen and oxygen atoms in total. The van der Waals surface area contributed by atoms with Crippen LogP contribution in [0.5, 0.6) is 5.75 Å². The molecule has 0 amide bonds. The fourth-order valence-corrected chi connectivity index (χ4v) is 3.50. The first-order valence-corrected chi connectivity index (χ1v) is 9.97. The van der Waals surface area contributed by atoms with Crippen molar-refractivity contribution in [3.8, 4) is 17.0 Å². The van der Waals surface area contributed by atoms with Gasteiger partial charge in [-0.15, -0.1) is 0 Å². The number of rotatable bonds is 6.